The molecule has 1 heterocycles. The third-order valence-electron chi connectivity index (χ3n) is 4.57. The van der Waals surface area contributed by atoms with Gasteiger partial charge < -0.3 is 5.32 Å². The Morgan fingerprint density at radius 1 is 1.26 bits per heavy atom. The van der Waals surface area contributed by atoms with Gasteiger partial charge in [-0.25, -0.2) is 13.4 Å². The Balaban J connectivity index is 1.83. The number of nitrogens with zero attached hydrogens (tertiary/aromatic N) is 2. The molecule has 1 aromatic heterocycles. The number of rotatable bonds is 6. The van der Waals surface area contributed by atoms with Crippen molar-refractivity contribution in [1.29, 1.82) is 0 Å². The van der Waals surface area contributed by atoms with Gasteiger partial charge in [0.2, 0.25) is 15.9 Å². The first-order chi connectivity index (χ1) is 12.9. The molecule has 6 nitrogen and oxygen atoms in total. The van der Waals surface area contributed by atoms with E-state index >= 15 is 0 Å². The summed E-state index contributed by atoms with van der Waals surface area (Å²) in [5.74, 6) is -0.365. The summed E-state index contributed by atoms with van der Waals surface area (Å²) in [6.07, 6.45) is 4.61. The number of anilines is 1. The molecule has 0 radical (unpaired) electrons. The average molecular weight is 472 g/mol. The summed E-state index contributed by atoms with van der Waals surface area (Å²) in [6, 6.07) is 6.37. The monoisotopic (exact) mass is 471 g/mol. The summed E-state index contributed by atoms with van der Waals surface area (Å²) in [5.41, 5.74) is 0.821. The number of hydrogen-bond acceptors (Lipinski definition) is 5. The number of aryl methyl sites for hydroxylation is 1. The van der Waals surface area contributed by atoms with E-state index in [0.717, 1.165) is 42.3 Å². The van der Waals surface area contributed by atoms with Crippen molar-refractivity contribution < 1.29 is 13.2 Å². The number of carbonyl (C=O) groups excluding carboxylic acids is 1. The molecule has 27 heavy (non-hydrogen) atoms. The zero-order valence-electron chi connectivity index (χ0n) is 15.0. The van der Waals surface area contributed by atoms with Gasteiger partial charge in [0.15, 0.2) is 5.13 Å². The number of sulfonamides is 1. The molecule has 3 rings (SSSR count). The van der Waals surface area contributed by atoms with Crippen LogP contribution in [0.4, 0.5) is 5.13 Å². The first kappa shape index (κ1) is 20.4. The minimum atomic E-state index is -3.76. The van der Waals surface area contributed by atoms with Gasteiger partial charge >= 0.3 is 0 Å². The van der Waals surface area contributed by atoms with Crippen LogP contribution in [0.25, 0.3) is 0 Å². The quantitative estimate of drug-likeness (QED) is 0.684. The lowest BCUT2D eigenvalue weighted by Gasteiger charge is -2.32. The number of halogens is 1. The fourth-order valence-corrected chi connectivity index (χ4v) is 5.84. The van der Waals surface area contributed by atoms with Crippen LogP contribution in [0.5, 0.6) is 0 Å². The van der Waals surface area contributed by atoms with Crippen LogP contribution in [-0.2, 0) is 14.8 Å². The molecule has 0 saturated heterocycles. The lowest BCUT2D eigenvalue weighted by Crippen LogP contribution is -2.45. The molecule has 0 atom stereocenters. The number of hydrogen-bond donors (Lipinski definition) is 1. The predicted octanol–water partition coefficient (Wildman–Crippen LogP) is 4.18. The molecule has 1 aliphatic rings. The summed E-state index contributed by atoms with van der Waals surface area (Å²) in [6.45, 7) is 1.64. The van der Waals surface area contributed by atoms with E-state index in [0.29, 0.717) is 5.13 Å². The second-order valence-electron chi connectivity index (χ2n) is 6.64. The molecule has 0 bridgehead atoms. The van der Waals surface area contributed by atoms with Crippen LogP contribution in [0.1, 0.15) is 37.8 Å². The maximum Gasteiger partial charge on any atom is 0.243 e. The number of thiazole rings is 1. The molecule has 0 spiro atoms. The van der Waals surface area contributed by atoms with Gasteiger partial charge in [-0.15, -0.1) is 11.3 Å². The summed E-state index contributed by atoms with van der Waals surface area (Å²) >= 11 is 4.66. The Labute approximate surface area is 172 Å². The number of benzene rings is 1. The van der Waals surface area contributed by atoms with E-state index < -0.39 is 10.0 Å². The minimum Gasteiger partial charge on any atom is -0.301 e. The van der Waals surface area contributed by atoms with Crippen molar-refractivity contribution in [2.75, 3.05) is 11.9 Å². The summed E-state index contributed by atoms with van der Waals surface area (Å²) < 4.78 is 28.7. The summed E-state index contributed by atoms with van der Waals surface area (Å²) in [5, 5.41) is 5.05. The molecule has 146 valence electrons. The molecule has 1 saturated carbocycles. The summed E-state index contributed by atoms with van der Waals surface area (Å²) in [7, 11) is -3.76. The maximum atomic E-state index is 13.3. The Morgan fingerprint density at radius 2 is 1.93 bits per heavy atom. The van der Waals surface area contributed by atoms with Gasteiger partial charge in [0, 0.05) is 15.9 Å². The third kappa shape index (κ3) is 5.16. The fraction of sp³-hybridized carbons (Fsp3) is 0.444. The molecule has 2 aromatic rings. The van der Waals surface area contributed by atoms with Crippen LogP contribution in [-0.4, -0.2) is 36.2 Å². The minimum absolute atomic E-state index is 0.156. The van der Waals surface area contributed by atoms with Gasteiger partial charge in [-0.3, -0.25) is 4.79 Å². The van der Waals surface area contributed by atoms with Crippen LogP contribution >= 0.6 is 27.3 Å². The Bertz CT molecular complexity index is 891. The standard InChI is InChI=1S/C18H22BrN3O3S2/c1-13-12-26-18(20-13)21-17(23)11-22(15-5-3-2-4-6-15)27(24,25)16-9-7-14(19)8-10-16/h7-10,12,15H,2-6,11H2,1H3,(H,20,21,23). The van der Waals surface area contributed by atoms with Crippen molar-refractivity contribution in [2.45, 2.75) is 50.0 Å². The zero-order chi connectivity index (χ0) is 19.4. The van der Waals surface area contributed by atoms with Crippen LogP contribution < -0.4 is 5.32 Å². The third-order valence-corrected chi connectivity index (χ3v) is 7.88. The van der Waals surface area contributed by atoms with Gasteiger partial charge in [-0.2, -0.15) is 4.31 Å². The van der Waals surface area contributed by atoms with E-state index in [1.165, 1.54) is 15.6 Å². The van der Waals surface area contributed by atoms with Crippen LogP contribution in [0.3, 0.4) is 0 Å². The molecule has 1 aromatic carbocycles. The van der Waals surface area contributed by atoms with E-state index in [4.69, 9.17) is 0 Å². The molecule has 0 unspecified atom stereocenters. The first-order valence-electron chi connectivity index (χ1n) is 8.85. The Kier molecular flexibility index (Phi) is 6.67. The maximum absolute atomic E-state index is 13.3. The van der Waals surface area contributed by atoms with Gasteiger partial charge in [0.05, 0.1) is 17.1 Å². The van der Waals surface area contributed by atoms with E-state index in [2.05, 4.69) is 26.2 Å². The predicted molar refractivity (Wildman–Crippen MR) is 110 cm³/mol. The SMILES string of the molecule is Cc1csc(NC(=O)CN(C2CCCCC2)S(=O)(=O)c2ccc(Br)cc2)n1. The van der Waals surface area contributed by atoms with Crippen LogP contribution in [0, 0.1) is 6.92 Å². The lowest BCUT2D eigenvalue weighted by molar-refractivity contribution is -0.116. The molecular formula is C18H22BrN3O3S2. The van der Waals surface area contributed by atoms with Crippen LogP contribution in [0.2, 0.25) is 0 Å². The Morgan fingerprint density at radius 3 is 2.52 bits per heavy atom. The molecule has 1 aliphatic carbocycles. The van der Waals surface area contributed by atoms with Gasteiger partial charge in [0.1, 0.15) is 0 Å². The highest BCUT2D eigenvalue weighted by molar-refractivity contribution is 9.10. The van der Waals surface area contributed by atoms with E-state index in [1.807, 2.05) is 12.3 Å². The van der Waals surface area contributed by atoms with E-state index in [9.17, 15) is 13.2 Å². The van der Waals surface area contributed by atoms with E-state index in [1.54, 1.807) is 24.3 Å². The highest BCUT2D eigenvalue weighted by atomic mass is 79.9. The molecule has 1 amide bonds. The first-order valence-corrected chi connectivity index (χ1v) is 12.0. The van der Waals surface area contributed by atoms with Crippen molar-refractivity contribution in [3.8, 4) is 0 Å². The van der Waals surface area contributed by atoms with Gasteiger partial charge in [0.25, 0.3) is 0 Å². The smallest absolute Gasteiger partial charge is 0.243 e. The lowest BCUT2D eigenvalue weighted by atomic mass is 9.95. The van der Waals surface area contributed by atoms with Crippen LogP contribution in [0.15, 0.2) is 39.0 Å². The topological polar surface area (TPSA) is 79.4 Å². The number of amides is 1. The molecule has 0 aliphatic heterocycles. The van der Waals surface area contributed by atoms with Crippen molar-refractivity contribution in [3.63, 3.8) is 0 Å². The second kappa shape index (κ2) is 8.81. The largest absolute Gasteiger partial charge is 0.301 e. The number of nitrogens with one attached hydrogen (secondary N) is 1. The normalized spacial score (nSPS) is 15.8. The highest BCUT2D eigenvalue weighted by Gasteiger charge is 2.34. The molecule has 9 heteroatoms. The van der Waals surface area contributed by atoms with E-state index in [-0.39, 0.29) is 23.4 Å². The van der Waals surface area contributed by atoms with Crippen molar-refractivity contribution >= 4 is 48.3 Å². The molecule has 1 N–H and O–H groups in total. The number of aromatic nitrogens is 1. The fourth-order valence-electron chi connectivity index (χ4n) is 3.23. The summed E-state index contributed by atoms with van der Waals surface area (Å²) in [4.78, 5) is 17.0. The number of carbonyl (C=O) groups is 1. The van der Waals surface area contributed by atoms with Gasteiger partial charge in [-0.1, -0.05) is 35.2 Å². The average Bonchev–Trinajstić information content (AvgIpc) is 3.05. The molecular weight excluding hydrogens is 450 g/mol. The Hall–Kier alpha value is -1.29. The van der Waals surface area contributed by atoms with Crippen molar-refractivity contribution in [2.24, 2.45) is 0 Å². The van der Waals surface area contributed by atoms with Crippen molar-refractivity contribution in [3.05, 3.63) is 39.8 Å². The molecule has 1 fully saturated rings. The second-order valence-corrected chi connectivity index (χ2v) is 10.3. The van der Waals surface area contributed by atoms with Gasteiger partial charge in [-0.05, 0) is 44.0 Å². The highest BCUT2D eigenvalue weighted by Crippen LogP contribution is 2.28. The van der Waals surface area contributed by atoms with Crippen molar-refractivity contribution in [1.82, 2.24) is 9.29 Å². The zero-order valence-corrected chi connectivity index (χ0v) is 18.2.